The second kappa shape index (κ2) is 5.07. The first kappa shape index (κ1) is 13.9. The summed E-state index contributed by atoms with van der Waals surface area (Å²) in [6, 6.07) is 7.39. The fourth-order valence-electron chi connectivity index (χ4n) is 4.90. The molecule has 2 aliphatic carbocycles. The largest absolute Gasteiger partial charge is 0.497 e. The van der Waals surface area contributed by atoms with Crippen molar-refractivity contribution in [2.45, 2.75) is 50.5 Å². The third-order valence-electron chi connectivity index (χ3n) is 5.59. The van der Waals surface area contributed by atoms with E-state index in [2.05, 4.69) is 44.1 Å². The van der Waals surface area contributed by atoms with Crippen molar-refractivity contribution in [3.05, 3.63) is 29.3 Å². The van der Waals surface area contributed by atoms with Gasteiger partial charge in [-0.25, -0.2) is 0 Å². The van der Waals surface area contributed by atoms with E-state index < -0.39 is 0 Å². The summed E-state index contributed by atoms with van der Waals surface area (Å²) in [5, 5.41) is 0. The summed E-state index contributed by atoms with van der Waals surface area (Å²) < 4.78 is 5.48. The number of hydrogen-bond donors (Lipinski definition) is 0. The Bertz CT molecular complexity index is 496. The summed E-state index contributed by atoms with van der Waals surface area (Å²) >= 11 is 0. The van der Waals surface area contributed by atoms with Gasteiger partial charge in [-0.3, -0.25) is 0 Å². The summed E-state index contributed by atoms with van der Waals surface area (Å²) in [4.78, 5) is 2.47. The van der Waals surface area contributed by atoms with Crippen LogP contribution in [0.3, 0.4) is 0 Å². The Morgan fingerprint density at radius 1 is 1.25 bits per heavy atom. The maximum absolute atomic E-state index is 5.48. The summed E-state index contributed by atoms with van der Waals surface area (Å²) in [5.41, 5.74) is 3.36. The number of ether oxygens (including phenoxy) is 1. The van der Waals surface area contributed by atoms with E-state index in [0.717, 1.165) is 11.7 Å². The van der Waals surface area contributed by atoms with Crippen LogP contribution < -0.4 is 4.74 Å². The highest BCUT2D eigenvalue weighted by Crippen LogP contribution is 2.49. The number of likely N-dealkylation sites (N-methyl/N-ethyl adjacent to an activating group) is 1. The molecule has 2 aliphatic rings. The van der Waals surface area contributed by atoms with Gasteiger partial charge in [-0.15, -0.1) is 0 Å². The van der Waals surface area contributed by atoms with E-state index in [0.29, 0.717) is 6.04 Å². The summed E-state index contributed by atoms with van der Waals surface area (Å²) in [7, 11) is 6.28. The van der Waals surface area contributed by atoms with Crippen LogP contribution in [-0.4, -0.2) is 32.1 Å². The van der Waals surface area contributed by atoms with E-state index in [-0.39, 0.29) is 5.41 Å². The number of fused-ring (bicyclic) bond motifs is 4. The van der Waals surface area contributed by atoms with Crippen LogP contribution in [0.25, 0.3) is 0 Å². The lowest BCUT2D eigenvalue weighted by molar-refractivity contribution is 0.109. The molecule has 2 heteroatoms. The quantitative estimate of drug-likeness (QED) is 0.816. The van der Waals surface area contributed by atoms with E-state index in [9.17, 15) is 0 Å². The minimum absolute atomic E-state index is 0.271. The van der Waals surface area contributed by atoms with Gasteiger partial charge in [-0.1, -0.05) is 25.8 Å². The average Bonchev–Trinajstić information content (AvgIpc) is 2.55. The van der Waals surface area contributed by atoms with Gasteiger partial charge in [-0.2, -0.15) is 0 Å². The summed E-state index contributed by atoms with van der Waals surface area (Å²) in [6.45, 7) is 2.48. The Labute approximate surface area is 123 Å². The van der Waals surface area contributed by atoms with E-state index in [1.165, 1.54) is 37.7 Å². The van der Waals surface area contributed by atoms with Crippen molar-refractivity contribution in [3.8, 4) is 5.75 Å². The molecule has 20 heavy (non-hydrogen) atoms. The number of rotatable bonds is 2. The molecule has 110 valence electrons. The van der Waals surface area contributed by atoms with Crippen LogP contribution in [-0.2, 0) is 11.8 Å². The monoisotopic (exact) mass is 273 g/mol. The highest BCUT2D eigenvalue weighted by Gasteiger charge is 2.47. The van der Waals surface area contributed by atoms with Crippen molar-refractivity contribution in [1.82, 2.24) is 4.90 Å². The second-order valence-electron chi connectivity index (χ2n) is 7.06. The van der Waals surface area contributed by atoms with Gasteiger partial charge in [-0.05, 0) is 62.5 Å². The fourth-order valence-corrected chi connectivity index (χ4v) is 4.90. The molecule has 1 aromatic carbocycles. The van der Waals surface area contributed by atoms with Gasteiger partial charge >= 0.3 is 0 Å². The molecular weight excluding hydrogens is 246 g/mol. The first-order valence-corrected chi connectivity index (χ1v) is 7.90. The molecule has 1 fully saturated rings. The van der Waals surface area contributed by atoms with Crippen molar-refractivity contribution in [2.75, 3.05) is 21.2 Å². The zero-order chi connectivity index (χ0) is 14.3. The van der Waals surface area contributed by atoms with Crippen molar-refractivity contribution >= 4 is 0 Å². The third kappa shape index (κ3) is 2.05. The van der Waals surface area contributed by atoms with Crippen LogP contribution in [0, 0.1) is 5.92 Å². The first-order valence-electron chi connectivity index (χ1n) is 7.90. The smallest absolute Gasteiger partial charge is 0.119 e. The fraction of sp³-hybridized carbons (Fsp3) is 0.667. The zero-order valence-corrected chi connectivity index (χ0v) is 13.3. The Hall–Kier alpha value is -1.02. The molecule has 2 bridgehead atoms. The van der Waals surface area contributed by atoms with E-state index in [4.69, 9.17) is 4.74 Å². The zero-order valence-electron chi connectivity index (χ0n) is 13.3. The van der Waals surface area contributed by atoms with Gasteiger partial charge in [0.05, 0.1) is 7.11 Å². The van der Waals surface area contributed by atoms with E-state index in [1.54, 1.807) is 12.7 Å². The molecule has 1 unspecified atom stereocenters. The summed E-state index contributed by atoms with van der Waals surface area (Å²) in [6.07, 6.45) is 6.65. The molecule has 0 aliphatic heterocycles. The van der Waals surface area contributed by atoms with Gasteiger partial charge < -0.3 is 9.64 Å². The molecule has 1 saturated carbocycles. The number of methoxy groups -OCH3 is 1. The van der Waals surface area contributed by atoms with Crippen molar-refractivity contribution in [2.24, 2.45) is 5.92 Å². The van der Waals surface area contributed by atoms with Crippen LogP contribution in [0.4, 0.5) is 0 Å². The number of benzene rings is 1. The lowest BCUT2D eigenvalue weighted by atomic mass is 9.62. The van der Waals surface area contributed by atoms with Crippen LogP contribution in [0.5, 0.6) is 5.75 Å². The normalized spacial score (nSPS) is 32.6. The maximum Gasteiger partial charge on any atom is 0.119 e. The minimum atomic E-state index is 0.271. The Balaban J connectivity index is 2.14. The van der Waals surface area contributed by atoms with Crippen molar-refractivity contribution in [1.29, 1.82) is 0 Å². The summed E-state index contributed by atoms with van der Waals surface area (Å²) in [5.74, 6) is 1.81. The average molecular weight is 273 g/mol. The maximum atomic E-state index is 5.48. The molecule has 3 atom stereocenters. The molecule has 3 rings (SSSR count). The van der Waals surface area contributed by atoms with Gasteiger partial charge in [0, 0.05) is 11.5 Å². The Kier molecular flexibility index (Phi) is 3.53. The molecule has 0 saturated heterocycles. The highest BCUT2D eigenvalue weighted by molar-refractivity contribution is 5.44. The molecule has 0 N–H and O–H groups in total. The van der Waals surface area contributed by atoms with Gasteiger partial charge in [0.15, 0.2) is 0 Å². The van der Waals surface area contributed by atoms with Gasteiger partial charge in [0.1, 0.15) is 5.75 Å². The molecule has 1 aromatic rings. The lowest BCUT2D eigenvalue weighted by Gasteiger charge is -2.49. The predicted octanol–water partition coefficient (Wildman–Crippen LogP) is 3.63. The van der Waals surface area contributed by atoms with Gasteiger partial charge in [0.25, 0.3) is 0 Å². The van der Waals surface area contributed by atoms with Crippen LogP contribution in [0.2, 0.25) is 0 Å². The predicted molar refractivity (Wildman–Crippen MR) is 83.5 cm³/mol. The van der Waals surface area contributed by atoms with E-state index in [1.807, 2.05) is 0 Å². The third-order valence-corrected chi connectivity index (χ3v) is 5.59. The van der Waals surface area contributed by atoms with Crippen molar-refractivity contribution < 1.29 is 4.74 Å². The van der Waals surface area contributed by atoms with Crippen molar-refractivity contribution in [3.63, 3.8) is 0 Å². The molecular formula is C18H27NO. The first-order chi connectivity index (χ1) is 9.56. The molecule has 0 radical (unpaired) electrons. The van der Waals surface area contributed by atoms with Crippen LogP contribution in [0.15, 0.2) is 18.2 Å². The highest BCUT2D eigenvalue weighted by atomic mass is 16.5. The SMILES string of the molecule is COc1ccc2c(c1)[C@@]1(C)CCCCC(C2)[C@@H]1N(C)C. The molecule has 0 amide bonds. The topological polar surface area (TPSA) is 12.5 Å². The Morgan fingerprint density at radius 3 is 2.75 bits per heavy atom. The molecule has 0 aromatic heterocycles. The number of hydrogen-bond acceptors (Lipinski definition) is 2. The molecule has 0 heterocycles. The minimum Gasteiger partial charge on any atom is -0.497 e. The second-order valence-corrected chi connectivity index (χ2v) is 7.06. The number of nitrogens with zero attached hydrogens (tertiary/aromatic N) is 1. The van der Waals surface area contributed by atoms with E-state index >= 15 is 0 Å². The van der Waals surface area contributed by atoms with Gasteiger partial charge in [0.2, 0.25) is 0 Å². The Morgan fingerprint density at radius 2 is 2.05 bits per heavy atom. The molecule has 0 spiro atoms. The molecule has 2 nitrogen and oxygen atoms in total. The lowest BCUT2D eigenvalue weighted by Crippen LogP contribution is -2.53. The standard InChI is InChI=1S/C18H27NO/c1-18-10-6-5-7-14(17(18)19(2)3)11-13-8-9-15(20-4)12-16(13)18/h8-9,12,14,17H,5-7,10-11H2,1-4H3/t14?,17-,18+/m0/s1. The van der Waals surface area contributed by atoms with Crippen LogP contribution in [0.1, 0.15) is 43.7 Å². The van der Waals surface area contributed by atoms with Crippen LogP contribution >= 0.6 is 0 Å².